The number of carbonyl (C=O) groups is 2. The standard InChI is InChI=1S/C30H36BrN3O5S/c1-21(2)18-32-30(36)23(4)33(19-24-12-14-25(31)15-13-24)29(35)20-34(27-17-22(3)11-16-28(27)39-5)40(37,38)26-9-7-6-8-10-26/h6-17,21,23H,18-20H2,1-5H3,(H,32,36)/t23-/m0/s1. The molecule has 0 fully saturated rings. The Labute approximate surface area is 245 Å². The smallest absolute Gasteiger partial charge is 0.264 e. The number of aryl methyl sites for hydroxylation is 1. The van der Waals surface area contributed by atoms with E-state index in [4.69, 9.17) is 4.74 Å². The van der Waals surface area contributed by atoms with E-state index in [1.54, 1.807) is 43.3 Å². The first-order valence-corrected chi connectivity index (χ1v) is 15.2. The van der Waals surface area contributed by atoms with Gasteiger partial charge in [-0.15, -0.1) is 0 Å². The van der Waals surface area contributed by atoms with E-state index in [0.717, 1.165) is 19.9 Å². The summed E-state index contributed by atoms with van der Waals surface area (Å²) in [5, 5.41) is 2.89. The summed E-state index contributed by atoms with van der Waals surface area (Å²) in [5.41, 5.74) is 1.83. The normalized spacial score (nSPS) is 12.1. The molecule has 8 nitrogen and oxygen atoms in total. The molecule has 2 amide bonds. The molecule has 40 heavy (non-hydrogen) atoms. The Kier molecular flexibility index (Phi) is 10.8. The molecule has 0 aliphatic heterocycles. The number of halogens is 1. The fourth-order valence-electron chi connectivity index (χ4n) is 4.05. The zero-order valence-electron chi connectivity index (χ0n) is 23.4. The molecule has 10 heteroatoms. The second-order valence-electron chi connectivity index (χ2n) is 9.96. The number of anilines is 1. The molecule has 0 spiro atoms. The van der Waals surface area contributed by atoms with Crippen LogP contribution in [0.4, 0.5) is 5.69 Å². The van der Waals surface area contributed by atoms with Crippen molar-refractivity contribution >= 4 is 43.5 Å². The summed E-state index contributed by atoms with van der Waals surface area (Å²) in [5.74, 6) is -0.310. The highest BCUT2D eigenvalue weighted by molar-refractivity contribution is 9.10. The largest absolute Gasteiger partial charge is 0.495 e. The Hall–Kier alpha value is -3.37. The lowest BCUT2D eigenvalue weighted by molar-refractivity contribution is -0.139. The van der Waals surface area contributed by atoms with Crippen LogP contribution >= 0.6 is 15.9 Å². The predicted octanol–water partition coefficient (Wildman–Crippen LogP) is 5.15. The number of carbonyl (C=O) groups excluding carboxylic acids is 2. The molecule has 3 aromatic rings. The lowest BCUT2D eigenvalue weighted by atomic mass is 10.1. The maximum atomic E-state index is 14.0. The molecule has 0 unspecified atom stereocenters. The molecule has 1 atom stereocenters. The third-order valence-corrected chi connectivity index (χ3v) is 8.63. The number of rotatable bonds is 12. The van der Waals surface area contributed by atoms with Gasteiger partial charge in [0.05, 0.1) is 17.7 Å². The van der Waals surface area contributed by atoms with Gasteiger partial charge in [0, 0.05) is 17.6 Å². The summed E-state index contributed by atoms with van der Waals surface area (Å²) in [4.78, 5) is 28.6. The Morgan fingerprint density at radius 1 is 0.975 bits per heavy atom. The first-order valence-electron chi connectivity index (χ1n) is 13.0. The average Bonchev–Trinajstić information content (AvgIpc) is 2.94. The van der Waals surface area contributed by atoms with Gasteiger partial charge in [-0.2, -0.15) is 0 Å². The lowest BCUT2D eigenvalue weighted by Crippen LogP contribution is -2.51. The summed E-state index contributed by atoms with van der Waals surface area (Å²) in [6.07, 6.45) is 0. The summed E-state index contributed by atoms with van der Waals surface area (Å²) in [6, 6.07) is 19.6. The van der Waals surface area contributed by atoms with E-state index in [1.807, 2.05) is 45.0 Å². The molecule has 0 aliphatic rings. The Balaban J connectivity index is 2.06. The van der Waals surface area contributed by atoms with Crippen LogP contribution in [0.1, 0.15) is 31.9 Å². The minimum atomic E-state index is -4.18. The average molecular weight is 631 g/mol. The summed E-state index contributed by atoms with van der Waals surface area (Å²) in [7, 11) is -2.73. The van der Waals surface area contributed by atoms with Crippen LogP contribution in [0.2, 0.25) is 0 Å². The van der Waals surface area contributed by atoms with Crippen molar-refractivity contribution in [2.45, 2.75) is 45.2 Å². The Morgan fingerprint density at radius 3 is 2.23 bits per heavy atom. The van der Waals surface area contributed by atoms with Gasteiger partial charge in [0.15, 0.2) is 0 Å². The molecule has 0 aliphatic carbocycles. The molecular weight excluding hydrogens is 594 g/mol. The number of benzene rings is 3. The van der Waals surface area contributed by atoms with Gasteiger partial charge in [0.1, 0.15) is 18.3 Å². The van der Waals surface area contributed by atoms with E-state index in [1.165, 1.54) is 24.1 Å². The fraction of sp³-hybridized carbons (Fsp3) is 0.333. The molecule has 0 heterocycles. The number of amides is 2. The topological polar surface area (TPSA) is 96.0 Å². The number of nitrogens with one attached hydrogen (secondary N) is 1. The van der Waals surface area contributed by atoms with Gasteiger partial charge in [-0.3, -0.25) is 13.9 Å². The molecule has 0 radical (unpaired) electrons. The number of sulfonamides is 1. The third-order valence-electron chi connectivity index (χ3n) is 6.33. The minimum Gasteiger partial charge on any atom is -0.495 e. The van der Waals surface area contributed by atoms with E-state index in [0.29, 0.717) is 12.3 Å². The molecule has 3 aromatic carbocycles. The van der Waals surface area contributed by atoms with Crippen LogP contribution in [0.25, 0.3) is 0 Å². The maximum Gasteiger partial charge on any atom is 0.264 e. The highest BCUT2D eigenvalue weighted by atomic mass is 79.9. The van der Waals surface area contributed by atoms with Crippen molar-refractivity contribution in [2.75, 3.05) is 24.5 Å². The third kappa shape index (κ3) is 7.85. The van der Waals surface area contributed by atoms with E-state index in [2.05, 4.69) is 21.2 Å². The zero-order chi connectivity index (χ0) is 29.4. The molecule has 1 N–H and O–H groups in total. The van der Waals surface area contributed by atoms with Crippen LogP contribution in [0.15, 0.2) is 82.2 Å². The molecular formula is C30H36BrN3O5S. The van der Waals surface area contributed by atoms with Crippen molar-refractivity contribution in [1.82, 2.24) is 10.2 Å². The van der Waals surface area contributed by atoms with Gasteiger partial charge in [-0.05, 0) is 67.3 Å². The number of hydrogen-bond acceptors (Lipinski definition) is 5. The van der Waals surface area contributed by atoms with Crippen LogP contribution in [0.3, 0.4) is 0 Å². The van der Waals surface area contributed by atoms with Gasteiger partial charge in [0.2, 0.25) is 11.8 Å². The quantitative estimate of drug-likeness (QED) is 0.299. The first kappa shape index (κ1) is 31.2. The number of methoxy groups -OCH3 is 1. The van der Waals surface area contributed by atoms with Crippen molar-refractivity contribution in [3.63, 3.8) is 0 Å². The van der Waals surface area contributed by atoms with Gasteiger partial charge in [0.25, 0.3) is 10.0 Å². The van der Waals surface area contributed by atoms with Crippen molar-refractivity contribution < 1.29 is 22.7 Å². The van der Waals surface area contributed by atoms with E-state index >= 15 is 0 Å². The second kappa shape index (κ2) is 13.8. The van der Waals surface area contributed by atoms with Crippen molar-refractivity contribution in [3.05, 3.63) is 88.4 Å². The molecule has 0 bridgehead atoms. The van der Waals surface area contributed by atoms with Crippen LogP contribution in [0, 0.1) is 12.8 Å². The lowest BCUT2D eigenvalue weighted by Gasteiger charge is -2.32. The van der Waals surface area contributed by atoms with Crippen molar-refractivity contribution in [1.29, 1.82) is 0 Å². The molecule has 3 rings (SSSR count). The fourth-order valence-corrected chi connectivity index (χ4v) is 5.75. The molecule has 0 saturated carbocycles. The summed E-state index contributed by atoms with van der Waals surface area (Å²) < 4.78 is 35.4. The van der Waals surface area contributed by atoms with Crippen molar-refractivity contribution in [3.8, 4) is 5.75 Å². The number of ether oxygens (including phenoxy) is 1. The number of nitrogens with zero attached hydrogens (tertiary/aromatic N) is 2. The predicted molar refractivity (Wildman–Crippen MR) is 161 cm³/mol. The SMILES string of the molecule is COc1ccc(C)cc1N(CC(=O)N(Cc1ccc(Br)cc1)[C@@H](C)C(=O)NCC(C)C)S(=O)(=O)c1ccccc1. The summed E-state index contributed by atoms with van der Waals surface area (Å²) >= 11 is 3.42. The highest BCUT2D eigenvalue weighted by Crippen LogP contribution is 2.33. The van der Waals surface area contributed by atoms with Gasteiger partial charge in [-0.25, -0.2) is 8.42 Å². The van der Waals surface area contributed by atoms with E-state index in [9.17, 15) is 18.0 Å². The second-order valence-corrected chi connectivity index (χ2v) is 12.7. The maximum absolute atomic E-state index is 14.0. The van der Waals surface area contributed by atoms with E-state index in [-0.39, 0.29) is 29.0 Å². The van der Waals surface area contributed by atoms with Crippen LogP contribution in [0.5, 0.6) is 5.75 Å². The molecule has 0 saturated heterocycles. The minimum absolute atomic E-state index is 0.0357. The first-order chi connectivity index (χ1) is 18.9. The van der Waals surface area contributed by atoms with Crippen molar-refractivity contribution in [2.24, 2.45) is 5.92 Å². The zero-order valence-corrected chi connectivity index (χ0v) is 25.8. The monoisotopic (exact) mass is 629 g/mol. The van der Waals surface area contributed by atoms with Crippen LogP contribution < -0.4 is 14.4 Å². The van der Waals surface area contributed by atoms with Crippen LogP contribution in [-0.4, -0.2) is 51.4 Å². The van der Waals surface area contributed by atoms with Gasteiger partial charge >= 0.3 is 0 Å². The summed E-state index contributed by atoms with van der Waals surface area (Å²) in [6.45, 7) is 7.49. The molecule has 0 aromatic heterocycles. The van der Waals surface area contributed by atoms with Crippen LogP contribution in [-0.2, 0) is 26.2 Å². The highest BCUT2D eigenvalue weighted by Gasteiger charge is 2.33. The van der Waals surface area contributed by atoms with Gasteiger partial charge < -0.3 is 15.0 Å². The Bertz CT molecular complexity index is 1410. The Morgan fingerprint density at radius 2 is 1.62 bits per heavy atom. The van der Waals surface area contributed by atoms with E-state index < -0.39 is 28.5 Å². The van der Waals surface area contributed by atoms with Gasteiger partial charge in [-0.1, -0.05) is 66.2 Å². The number of hydrogen-bond donors (Lipinski definition) is 1. The molecule has 214 valence electrons.